The molecule has 2 heterocycles. The lowest BCUT2D eigenvalue weighted by Crippen LogP contribution is -1.94. The average Bonchev–Trinajstić information content (AvgIpc) is 2.56. The van der Waals surface area contributed by atoms with Gasteiger partial charge in [-0.25, -0.2) is 0 Å². The van der Waals surface area contributed by atoms with Gasteiger partial charge >= 0.3 is 0 Å². The van der Waals surface area contributed by atoms with Gasteiger partial charge in [-0.1, -0.05) is 36.4 Å². The van der Waals surface area contributed by atoms with Gasteiger partial charge in [0.2, 0.25) is 0 Å². The van der Waals surface area contributed by atoms with Crippen LogP contribution in [0, 0.1) is 0 Å². The van der Waals surface area contributed by atoms with Gasteiger partial charge in [0.1, 0.15) is 0 Å². The highest BCUT2D eigenvalue weighted by Crippen LogP contribution is 2.28. The number of para-hydroxylation sites is 2. The average molecular weight is 271 g/mol. The second-order valence-electron chi connectivity index (χ2n) is 4.89. The van der Waals surface area contributed by atoms with Crippen molar-refractivity contribution < 1.29 is 0 Å². The van der Waals surface area contributed by atoms with E-state index in [4.69, 9.17) is 0 Å². The molecular formula is C18H13N3. The van der Waals surface area contributed by atoms with E-state index in [-0.39, 0.29) is 0 Å². The summed E-state index contributed by atoms with van der Waals surface area (Å²) in [6.45, 7) is 0. The van der Waals surface area contributed by atoms with E-state index >= 15 is 0 Å². The number of hydrogen-bond acceptors (Lipinski definition) is 3. The molecule has 3 heteroatoms. The van der Waals surface area contributed by atoms with Crippen molar-refractivity contribution >= 4 is 33.2 Å². The molecule has 0 aliphatic carbocycles. The van der Waals surface area contributed by atoms with E-state index in [0.29, 0.717) is 0 Å². The zero-order chi connectivity index (χ0) is 14.1. The topological polar surface area (TPSA) is 37.8 Å². The molecule has 0 radical (unpaired) electrons. The van der Waals surface area contributed by atoms with Crippen LogP contribution >= 0.6 is 0 Å². The summed E-state index contributed by atoms with van der Waals surface area (Å²) in [5.74, 6) is 0. The van der Waals surface area contributed by atoms with E-state index in [1.807, 2.05) is 48.8 Å². The van der Waals surface area contributed by atoms with Crippen molar-refractivity contribution in [2.24, 2.45) is 0 Å². The molecule has 0 fully saturated rings. The second kappa shape index (κ2) is 4.87. The second-order valence-corrected chi connectivity index (χ2v) is 4.89. The molecule has 2 aromatic heterocycles. The Hall–Kier alpha value is -2.94. The summed E-state index contributed by atoms with van der Waals surface area (Å²) in [6.07, 6.45) is 3.63. The molecule has 100 valence electrons. The number of hydrogen-bond donors (Lipinski definition) is 1. The van der Waals surface area contributed by atoms with Crippen LogP contribution in [-0.4, -0.2) is 9.97 Å². The lowest BCUT2D eigenvalue weighted by Gasteiger charge is -2.10. The summed E-state index contributed by atoms with van der Waals surface area (Å²) in [5.41, 5.74) is 3.92. The van der Waals surface area contributed by atoms with Crippen molar-refractivity contribution in [1.82, 2.24) is 9.97 Å². The third kappa shape index (κ3) is 2.09. The van der Waals surface area contributed by atoms with E-state index in [0.717, 1.165) is 33.2 Å². The summed E-state index contributed by atoms with van der Waals surface area (Å²) in [5, 5.41) is 5.71. The van der Waals surface area contributed by atoms with Crippen molar-refractivity contribution in [3.63, 3.8) is 0 Å². The number of rotatable bonds is 2. The van der Waals surface area contributed by atoms with Crippen LogP contribution in [0.25, 0.3) is 21.8 Å². The van der Waals surface area contributed by atoms with E-state index in [1.165, 1.54) is 0 Å². The molecule has 4 aromatic rings. The number of pyridine rings is 2. The number of nitrogens with one attached hydrogen (secondary N) is 1. The Balaban J connectivity index is 1.87. The number of anilines is 2. The van der Waals surface area contributed by atoms with E-state index in [2.05, 4.69) is 39.6 Å². The summed E-state index contributed by atoms with van der Waals surface area (Å²) >= 11 is 0. The molecule has 0 aliphatic rings. The Bertz CT molecular complexity index is 844. The Kier molecular flexibility index (Phi) is 2.75. The normalized spacial score (nSPS) is 10.9. The Labute approximate surface area is 122 Å². The van der Waals surface area contributed by atoms with Gasteiger partial charge in [-0.15, -0.1) is 0 Å². The van der Waals surface area contributed by atoms with Crippen LogP contribution in [0.15, 0.2) is 73.1 Å². The Morgan fingerprint density at radius 3 is 1.57 bits per heavy atom. The molecule has 21 heavy (non-hydrogen) atoms. The molecule has 1 N–H and O–H groups in total. The van der Waals surface area contributed by atoms with Crippen molar-refractivity contribution in [3.8, 4) is 0 Å². The molecule has 0 unspecified atom stereocenters. The number of nitrogens with zero attached hydrogens (tertiary/aromatic N) is 2. The first kappa shape index (κ1) is 11.9. The molecule has 0 atom stereocenters. The first-order chi connectivity index (χ1) is 10.4. The summed E-state index contributed by atoms with van der Waals surface area (Å²) in [7, 11) is 0. The fraction of sp³-hybridized carbons (Fsp3) is 0. The molecule has 4 rings (SSSR count). The van der Waals surface area contributed by atoms with Crippen LogP contribution in [0.5, 0.6) is 0 Å². The van der Waals surface area contributed by atoms with Crippen LogP contribution in [0.4, 0.5) is 11.4 Å². The maximum atomic E-state index is 4.47. The lowest BCUT2D eigenvalue weighted by atomic mass is 10.1. The number of aromatic nitrogens is 2. The lowest BCUT2D eigenvalue weighted by molar-refractivity contribution is 1.39. The highest BCUT2D eigenvalue weighted by molar-refractivity contribution is 5.97. The van der Waals surface area contributed by atoms with Crippen LogP contribution in [0.1, 0.15) is 0 Å². The minimum absolute atomic E-state index is 0.966. The van der Waals surface area contributed by atoms with Crippen molar-refractivity contribution in [1.29, 1.82) is 0 Å². The van der Waals surface area contributed by atoms with Gasteiger partial charge in [0.25, 0.3) is 0 Å². The SMILES string of the molecule is c1cnc2c(Nc3cccc4cccnc34)cccc2c1. The molecule has 0 spiro atoms. The van der Waals surface area contributed by atoms with Gasteiger partial charge in [-0.2, -0.15) is 0 Å². The summed E-state index contributed by atoms with van der Waals surface area (Å²) in [4.78, 5) is 8.95. The smallest absolute Gasteiger partial charge is 0.0936 e. The molecule has 0 amide bonds. The zero-order valence-corrected chi connectivity index (χ0v) is 11.3. The molecule has 2 aromatic carbocycles. The number of fused-ring (bicyclic) bond motifs is 2. The largest absolute Gasteiger partial charge is 0.352 e. The van der Waals surface area contributed by atoms with Crippen LogP contribution < -0.4 is 5.32 Å². The van der Waals surface area contributed by atoms with Gasteiger partial charge in [0.05, 0.1) is 22.4 Å². The van der Waals surface area contributed by atoms with Gasteiger partial charge in [-0.3, -0.25) is 9.97 Å². The van der Waals surface area contributed by atoms with Gasteiger partial charge in [0.15, 0.2) is 0 Å². The minimum atomic E-state index is 0.966. The molecule has 0 saturated heterocycles. The Morgan fingerprint density at radius 2 is 1.05 bits per heavy atom. The third-order valence-corrected chi connectivity index (χ3v) is 3.53. The van der Waals surface area contributed by atoms with Gasteiger partial charge in [0, 0.05) is 23.2 Å². The monoisotopic (exact) mass is 271 g/mol. The fourth-order valence-electron chi connectivity index (χ4n) is 2.56. The standard InChI is InChI=1S/C18H13N3/c1-5-13-7-3-11-19-17(13)15(9-1)21-16-10-2-6-14-8-4-12-20-18(14)16/h1-12,21H. The van der Waals surface area contributed by atoms with E-state index < -0.39 is 0 Å². The quantitative estimate of drug-likeness (QED) is 0.582. The molecule has 0 bridgehead atoms. The predicted octanol–water partition coefficient (Wildman–Crippen LogP) is 4.53. The molecule has 0 aliphatic heterocycles. The van der Waals surface area contributed by atoms with Gasteiger partial charge < -0.3 is 5.32 Å². The van der Waals surface area contributed by atoms with Crippen molar-refractivity contribution in [2.45, 2.75) is 0 Å². The fourth-order valence-corrected chi connectivity index (χ4v) is 2.56. The van der Waals surface area contributed by atoms with Crippen molar-refractivity contribution in [3.05, 3.63) is 73.1 Å². The minimum Gasteiger partial charge on any atom is -0.352 e. The highest BCUT2D eigenvalue weighted by Gasteiger charge is 2.05. The van der Waals surface area contributed by atoms with Crippen molar-refractivity contribution in [2.75, 3.05) is 5.32 Å². The molecule has 3 nitrogen and oxygen atoms in total. The summed E-state index contributed by atoms with van der Waals surface area (Å²) < 4.78 is 0. The molecule has 0 saturated carbocycles. The highest BCUT2D eigenvalue weighted by atomic mass is 14.9. The van der Waals surface area contributed by atoms with Gasteiger partial charge in [-0.05, 0) is 24.3 Å². The Morgan fingerprint density at radius 1 is 0.571 bits per heavy atom. The predicted molar refractivity (Wildman–Crippen MR) is 86.8 cm³/mol. The maximum Gasteiger partial charge on any atom is 0.0936 e. The first-order valence-electron chi connectivity index (χ1n) is 6.86. The van der Waals surface area contributed by atoms with Crippen LogP contribution in [0.3, 0.4) is 0 Å². The number of benzene rings is 2. The molecular weight excluding hydrogens is 258 g/mol. The zero-order valence-electron chi connectivity index (χ0n) is 11.3. The van der Waals surface area contributed by atoms with Crippen LogP contribution in [0.2, 0.25) is 0 Å². The van der Waals surface area contributed by atoms with E-state index in [1.54, 1.807) is 0 Å². The first-order valence-corrected chi connectivity index (χ1v) is 6.86. The summed E-state index contributed by atoms with van der Waals surface area (Å²) in [6, 6.07) is 20.3. The van der Waals surface area contributed by atoms with E-state index in [9.17, 15) is 0 Å². The maximum absolute atomic E-state index is 4.47. The third-order valence-electron chi connectivity index (χ3n) is 3.53. The van der Waals surface area contributed by atoms with Crippen LogP contribution in [-0.2, 0) is 0 Å².